The maximum absolute atomic E-state index is 4.20. The summed E-state index contributed by atoms with van der Waals surface area (Å²) in [5.41, 5.74) is 2.24. The SMILES string of the molecule is CC(NCc1cn(C(C)(C)C)nn1)c1ccccc1. The van der Waals surface area contributed by atoms with Crippen molar-refractivity contribution in [3.05, 3.63) is 47.8 Å². The van der Waals surface area contributed by atoms with Crippen LogP contribution in [0.5, 0.6) is 0 Å². The molecule has 102 valence electrons. The van der Waals surface area contributed by atoms with Gasteiger partial charge in [-0.2, -0.15) is 0 Å². The quantitative estimate of drug-likeness (QED) is 0.917. The molecule has 0 fully saturated rings. The van der Waals surface area contributed by atoms with Crippen LogP contribution in [0.3, 0.4) is 0 Å². The van der Waals surface area contributed by atoms with Gasteiger partial charge < -0.3 is 5.32 Å². The van der Waals surface area contributed by atoms with Crippen LogP contribution in [0.2, 0.25) is 0 Å². The topological polar surface area (TPSA) is 42.7 Å². The first-order chi connectivity index (χ1) is 8.97. The lowest BCUT2D eigenvalue weighted by Crippen LogP contribution is -2.22. The van der Waals surface area contributed by atoms with Gasteiger partial charge in [-0.1, -0.05) is 35.5 Å². The van der Waals surface area contributed by atoms with Crippen molar-refractivity contribution in [2.45, 2.75) is 45.8 Å². The molecule has 0 amide bonds. The standard InChI is InChI=1S/C15H22N4/c1-12(13-8-6-5-7-9-13)16-10-14-11-19(18-17-14)15(2,3)4/h5-9,11-12,16H,10H2,1-4H3. The summed E-state index contributed by atoms with van der Waals surface area (Å²) in [6, 6.07) is 10.7. The van der Waals surface area contributed by atoms with Crippen LogP contribution in [0.4, 0.5) is 0 Å². The first kappa shape index (κ1) is 13.7. The maximum Gasteiger partial charge on any atom is 0.0965 e. The van der Waals surface area contributed by atoms with Crippen molar-refractivity contribution in [3.8, 4) is 0 Å². The number of nitrogens with zero attached hydrogens (tertiary/aromatic N) is 3. The average Bonchev–Trinajstić information content (AvgIpc) is 2.86. The molecule has 1 aromatic carbocycles. The van der Waals surface area contributed by atoms with Crippen LogP contribution in [0, 0.1) is 0 Å². The highest BCUT2D eigenvalue weighted by molar-refractivity contribution is 5.18. The molecule has 4 nitrogen and oxygen atoms in total. The van der Waals surface area contributed by atoms with E-state index in [1.807, 2.05) is 16.9 Å². The van der Waals surface area contributed by atoms with Crippen LogP contribution in [-0.4, -0.2) is 15.0 Å². The molecule has 0 saturated heterocycles. The molecule has 0 aliphatic carbocycles. The Morgan fingerprint density at radius 3 is 2.47 bits per heavy atom. The molecular weight excluding hydrogens is 236 g/mol. The summed E-state index contributed by atoms with van der Waals surface area (Å²) < 4.78 is 1.90. The van der Waals surface area contributed by atoms with Crippen LogP contribution in [0.1, 0.15) is 45.0 Å². The van der Waals surface area contributed by atoms with Crippen molar-refractivity contribution >= 4 is 0 Å². The van der Waals surface area contributed by atoms with E-state index >= 15 is 0 Å². The zero-order valence-electron chi connectivity index (χ0n) is 12.1. The summed E-state index contributed by atoms with van der Waals surface area (Å²) in [5.74, 6) is 0. The van der Waals surface area contributed by atoms with E-state index in [0.29, 0.717) is 6.04 Å². The Kier molecular flexibility index (Phi) is 4.00. The molecule has 1 unspecified atom stereocenters. The second-order valence-corrected chi connectivity index (χ2v) is 5.84. The third kappa shape index (κ3) is 3.64. The minimum atomic E-state index is -0.0176. The van der Waals surface area contributed by atoms with Crippen LogP contribution >= 0.6 is 0 Å². The van der Waals surface area contributed by atoms with Crippen LogP contribution in [0.15, 0.2) is 36.5 Å². The number of hydrogen-bond donors (Lipinski definition) is 1. The first-order valence-corrected chi connectivity index (χ1v) is 6.67. The number of rotatable bonds is 4. The number of aromatic nitrogens is 3. The maximum atomic E-state index is 4.20. The van der Waals surface area contributed by atoms with Crippen molar-refractivity contribution in [1.29, 1.82) is 0 Å². The summed E-state index contributed by atoms with van der Waals surface area (Å²) in [6.45, 7) is 9.23. The van der Waals surface area contributed by atoms with Gasteiger partial charge in [0.15, 0.2) is 0 Å². The minimum Gasteiger partial charge on any atom is -0.304 e. The molecule has 0 aliphatic heterocycles. The summed E-state index contributed by atoms with van der Waals surface area (Å²) in [5, 5.41) is 11.8. The second kappa shape index (κ2) is 5.53. The molecule has 1 heterocycles. The van der Waals surface area contributed by atoms with Crippen LogP contribution < -0.4 is 5.32 Å². The molecule has 1 aromatic heterocycles. The predicted octanol–water partition coefficient (Wildman–Crippen LogP) is 2.88. The fourth-order valence-electron chi connectivity index (χ4n) is 1.82. The lowest BCUT2D eigenvalue weighted by molar-refractivity contribution is 0.347. The van der Waals surface area contributed by atoms with E-state index in [1.165, 1.54) is 5.56 Å². The molecule has 0 saturated carbocycles. The average molecular weight is 258 g/mol. The van der Waals surface area contributed by atoms with E-state index in [0.717, 1.165) is 12.2 Å². The van der Waals surface area contributed by atoms with Crippen LogP contribution in [0.25, 0.3) is 0 Å². The number of nitrogens with one attached hydrogen (secondary N) is 1. The molecule has 0 aliphatic rings. The minimum absolute atomic E-state index is 0.0176. The molecule has 19 heavy (non-hydrogen) atoms. The van der Waals surface area contributed by atoms with Crippen molar-refractivity contribution < 1.29 is 0 Å². The Morgan fingerprint density at radius 2 is 1.89 bits per heavy atom. The normalized spacial score (nSPS) is 13.5. The highest BCUT2D eigenvalue weighted by atomic mass is 15.4. The molecular formula is C15H22N4. The highest BCUT2D eigenvalue weighted by Crippen LogP contribution is 2.14. The van der Waals surface area contributed by atoms with Gasteiger partial charge in [-0.25, -0.2) is 4.68 Å². The van der Waals surface area contributed by atoms with Crippen molar-refractivity contribution in [3.63, 3.8) is 0 Å². The molecule has 1 N–H and O–H groups in total. The van der Waals surface area contributed by atoms with Crippen molar-refractivity contribution in [2.24, 2.45) is 0 Å². The molecule has 4 heteroatoms. The van der Waals surface area contributed by atoms with E-state index < -0.39 is 0 Å². The van der Waals surface area contributed by atoms with Gasteiger partial charge in [-0.3, -0.25) is 0 Å². The Balaban J connectivity index is 1.94. The van der Waals surface area contributed by atoms with E-state index in [-0.39, 0.29) is 5.54 Å². The van der Waals surface area contributed by atoms with Gasteiger partial charge in [-0.05, 0) is 33.3 Å². The summed E-state index contributed by atoms with van der Waals surface area (Å²) in [4.78, 5) is 0. The molecule has 0 bridgehead atoms. The van der Waals surface area contributed by atoms with Gasteiger partial charge in [0.05, 0.1) is 17.4 Å². The smallest absolute Gasteiger partial charge is 0.0965 e. The van der Waals surface area contributed by atoms with Gasteiger partial charge in [0.1, 0.15) is 0 Å². The third-order valence-electron chi connectivity index (χ3n) is 3.12. The zero-order valence-corrected chi connectivity index (χ0v) is 12.1. The first-order valence-electron chi connectivity index (χ1n) is 6.67. The fraction of sp³-hybridized carbons (Fsp3) is 0.467. The molecule has 1 atom stereocenters. The van der Waals surface area contributed by atoms with E-state index in [9.17, 15) is 0 Å². The third-order valence-corrected chi connectivity index (χ3v) is 3.12. The largest absolute Gasteiger partial charge is 0.304 e. The molecule has 2 aromatic rings. The molecule has 0 radical (unpaired) electrons. The monoisotopic (exact) mass is 258 g/mol. The Bertz CT molecular complexity index is 510. The van der Waals surface area contributed by atoms with Crippen molar-refractivity contribution in [2.75, 3.05) is 0 Å². The Morgan fingerprint density at radius 1 is 1.21 bits per heavy atom. The Labute approximate surface area is 114 Å². The van der Waals surface area contributed by atoms with Gasteiger partial charge in [-0.15, -0.1) is 5.10 Å². The lowest BCUT2D eigenvalue weighted by Gasteiger charge is -2.17. The van der Waals surface area contributed by atoms with Gasteiger partial charge >= 0.3 is 0 Å². The predicted molar refractivity (Wildman–Crippen MR) is 76.7 cm³/mol. The number of hydrogen-bond acceptors (Lipinski definition) is 3. The molecule has 0 spiro atoms. The van der Waals surface area contributed by atoms with Gasteiger partial charge in [0, 0.05) is 12.6 Å². The second-order valence-electron chi connectivity index (χ2n) is 5.84. The summed E-state index contributed by atoms with van der Waals surface area (Å²) in [7, 11) is 0. The van der Waals surface area contributed by atoms with E-state index in [4.69, 9.17) is 0 Å². The van der Waals surface area contributed by atoms with E-state index in [2.05, 4.69) is 67.6 Å². The van der Waals surface area contributed by atoms with E-state index in [1.54, 1.807) is 0 Å². The van der Waals surface area contributed by atoms with Crippen LogP contribution in [-0.2, 0) is 12.1 Å². The lowest BCUT2D eigenvalue weighted by atomic mass is 10.1. The Hall–Kier alpha value is -1.68. The summed E-state index contributed by atoms with van der Waals surface area (Å²) in [6.07, 6.45) is 2.00. The zero-order chi connectivity index (χ0) is 13.9. The fourth-order valence-corrected chi connectivity index (χ4v) is 1.82. The van der Waals surface area contributed by atoms with Gasteiger partial charge in [0.25, 0.3) is 0 Å². The van der Waals surface area contributed by atoms with Gasteiger partial charge in [0.2, 0.25) is 0 Å². The summed E-state index contributed by atoms with van der Waals surface area (Å²) >= 11 is 0. The van der Waals surface area contributed by atoms with Crippen molar-refractivity contribution in [1.82, 2.24) is 20.3 Å². The molecule has 2 rings (SSSR count). The number of benzene rings is 1. The highest BCUT2D eigenvalue weighted by Gasteiger charge is 2.15.